The van der Waals surface area contributed by atoms with Crippen molar-refractivity contribution in [2.45, 2.75) is 23.3 Å². The number of oxime groups is 1. The van der Waals surface area contributed by atoms with Crippen molar-refractivity contribution in [2.75, 3.05) is 7.11 Å². The van der Waals surface area contributed by atoms with Crippen LogP contribution in [0, 0.1) is 5.82 Å². The van der Waals surface area contributed by atoms with E-state index in [0.29, 0.717) is 17.2 Å². The molecule has 0 aliphatic carbocycles. The molecule has 0 aliphatic heterocycles. The first-order chi connectivity index (χ1) is 14.2. The van der Waals surface area contributed by atoms with Gasteiger partial charge in [0.2, 0.25) is 0 Å². The Hall–Kier alpha value is -3.05. The summed E-state index contributed by atoms with van der Waals surface area (Å²) in [4.78, 5) is 6.59. The zero-order valence-corrected chi connectivity index (χ0v) is 17.1. The van der Waals surface area contributed by atoms with Crippen molar-refractivity contribution in [3.8, 4) is 0 Å². The fourth-order valence-corrected chi connectivity index (χ4v) is 4.42. The standard InChI is InChI=1S/C24H21FN2OS/c1-17(26-28-2)20-16-27(15-18-9-5-3-6-10-18)22-14-13-21(25)24(23(20)22)29-19-11-7-4-8-12-19/h3-14,16H,15H2,1-2H3/b26-17+. The zero-order chi connectivity index (χ0) is 20.2. The van der Waals surface area contributed by atoms with E-state index in [1.165, 1.54) is 24.4 Å². The molecule has 0 saturated heterocycles. The van der Waals surface area contributed by atoms with Gasteiger partial charge in [-0.2, -0.15) is 0 Å². The lowest BCUT2D eigenvalue weighted by Crippen LogP contribution is -1.98. The van der Waals surface area contributed by atoms with Crippen molar-refractivity contribution in [3.63, 3.8) is 0 Å². The van der Waals surface area contributed by atoms with E-state index in [1.54, 1.807) is 6.07 Å². The van der Waals surface area contributed by atoms with Crippen LogP contribution < -0.4 is 0 Å². The number of benzene rings is 3. The molecule has 0 unspecified atom stereocenters. The lowest BCUT2D eigenvalue weighted by molar-refractivity contribution is 0.213. The van der Waals surface area contributed by atoms with Crippen LogP contribution >= 0.6 is 11.8 Å². The molecule has 1 aromatic heterocycles. The van der Waals surface area contributed by atoms with Crippen molar-refractivity contribution in [1.29, 1.82) is 0 Å². The van der Waals surface area contributed by atoms with Crippen LogP contribution in [-0.4, -0.2) is 17.4 Å². The van der Waals surface area contributed by atoms with Crippen LogP contribution in [0.3, 0.4) is 0 Å². The summed E-state index contributed by atoms with van der Waals surface area (Å²) in [6, 6.07) is 23.5. The molecular formula is C24H21FN2OS. The Labute approximate surface area is 173 Å². The average molecular weight is 405 g/mol. The van der Waals surface area contributed by atoms with Crippen LogP contribution in [0.15, 0.2) is 93.9 Å². The minimum absolute atomic E-state index is 0.240. The maximum Gasteiger partial charge on any atom is 0.137 e. The summed E-state index contributed by atoms with van der Waals surface area (Å²) in [5.41, 5.74) is 3.73. The number of rotatable bonds is 6. The highest BCUT2D eigenvalue weighted by Crippen LogP contribution is 2.38. The third kappa shape index (κ3) is 4.05. The fourth-order valence-electron chi connectivity index (χ4n) is 3.41. The molecule has 3 nitrogen and oxygen atoms in total. The first-order valence-electron chi connectivity index (χ1n) is 9.33. The Kier molecular flexibility index (Phi) is 5.67. The molecule has 0 aliphatic rings. The number of fused-ring (bicyclic) bond motifs is 1. The SMILES string of the molecule is CO/N=C(\C)c1cn(Cc2ccccc2)c2ccc(F)c(Sc3ccccc3)c12. The third-order valence-corrected chi connectivity index (χ3v) is 5.84. The minimum atomic E-state index is -0.240. The van der Waals surface area contributed by atoms with Crippen molar-refractivity contribution in [2.24, 2.45) is 5.16 Å². The molecule has 4 rings (SSSR count). The van der Waals surface area contributed by atoms with Gasteiger partial charge < -0.3 is 9.40 Å². The highest BCUT2D eigenvalue weighted by Gasteiger charge is 2.19. The summed E-state index contributed by atoms with van der Waals surface area (Å²) < 4.78 is 17.1. The predicted octanol–water partition coefficient (Wildman–Crippen LogP) is 6.35. The van der Waals surface area contributed by atoms with Crippen LogP contribution in [0.2, 0.25) is 0 Å². The second-order valence-corrected chi connectivity index (χ2v) is 7.79. The smallest absolute Gasteiger partial charge is 0.137 e. The summed E-state index contributed by atoms with van der Waals surface area (Å²) in [5, 5.41) is 4.97. The Balaban J connectivity index is 1.90. The van der Waals surface area contributed by atoms with Crippen molar-refractivity contribution in [3.05, 3.63) is 95.9 Å². The van der Waals surface area contributed by atoms with E-state index in [4.69, 9.17) is 4.84 Å². The molecule has 0 bridgehead atoms. The summed E-state index contributed by atoms with van der Waals surface area (Å²) in [6.45, 7) is 2.58. The van der Waals surface area contributed by atoms with Crippen LogP contribution in [-0.2, 0) is 11.4 Å². The molecule has 0 saturated carbocycles. The van der Waals surface area contributed by atoms with E-state index >= 15 is 0 Å². The first kappa shape index (κ1) is 19.3. The van der Waals surface area contributed by atoms with E-state index in [1.807, 2.05) is 67.7 Å². The zero-order valence-electron chi connectivity index (χ0n) is 16.3. The van der Waals surface area contributed by atoms with Crippen molar-refractivity contribution >= 4 is 28.4 Å². The number of nitrogens with zero attached hydrogens (tertiary/aromatic N) is 2. The van der Waals surface area contributed by atoms with Gasteiger partial charge in [0, 0.05) is 28.6 Å². The molecule has 146 valence electrons. The van der Waals surface area contributed by atoms with Crippen LogP contribution in [0.4, 0.5) is 4.39 Å². The van der Waals surface area contributed by atoms with Gasteiger partial charge in [-0.05, 0) is 36.8 Å². The van der Waals surface area contributed by atoms with Gasteiger partial charge >= 0.3 is 0 Å². The average Bonchev–Trinajstić information content (AvgIpc) is 3.10. The molecule has 3 aromatic carbocycles. The number of aromatic nitrogens is 1. The largest absolute Gasteiger partial charge is 0.399 e. The third-order valence-electron chi connectivity index (χ3n) is 4.73. The first-order valence-corrected chi connectivity index (χ1v) is 10.2. The molecule has 0 atom stereocenters. The Morgan fingerprint density at radius 3 is 2.38 bits per heavy atom. The minimum Gasteiger partial charge on any atom is -0.399 e. The Bertz CT molecular complexity index is 1150. The van der Waals surface area contributed by atoms with Gasteiger partial charge in [0.15, 0.2) is 0 Å². The van der Waals surface area contributed by atoms with Crippen molar-refractivity contribution in [1.82, 2.24) is 4.57 Å². The second kappa shape index (κ2) is 8.53. The molecule has 0 fully saturated rings. The molecule has 0 N–H and O–H groups in total. The predicted molar refractivity (Wildman–Crippen MR) is 117 cm³/mol. The van der Waals surface area contributed by atoms with Gasteiger partial charge in [-0.1, -0.05) is 65.4 Å². The van der Waals surface area contributed by atoms with E-state index in [-0.39, 0.29) is 5.82 Å². The maximum atomic E-state index is 15.0. The summed E-state index contributed by atoms with van der Waals surface area (Å²) >= 11 is 1.43. The molecule has 5 heteroatoms. The monoisotopic (exact) mass is 404 g/mol. The Morgan fingerprint density at radius 2 is 1.69 bits per heavy atom. The summed E-state index contributed by atoms with van der Waals surface area (Å²) in [7, 11) is 1.52. The Morgan fingerprint density at radius 1 is 1.00 bits per heavy atom. The van der Waals surface area contributed by atoms with Crippen LogP contribution in [0.1, 0.15) is 18.1 Å². The molecule has 0 amide bonds. The lowest BCUT2D eigenvalue weighted by Gasteiger charge is -2.09. The van der Waals surface area contributed by atoms with E-state index in [0.717, 1.165) is 21.4 Å². The number of hydrogen-bond donors (Lipinski definition) is 0. The summed E-state index contributed by atoms with van der Waals surface area (Å²) in [5.74, 6) is -0.240. The van der Waals surface area contributed by atoms with Crippen LogP contribution in [0.25, 0.3) is 10.9 Å². The van der Waals surface area contributed by atoms with Gasteiger partial charge in [-0.15, -0.1) is 0 Å². The molecule has 1 heterocycles. The van der Waals surface area contributed by atoms with E-state index in [2.05, 4.69) is 21.9 Å². The molecular weight excluding hydrogens is 383 g/mol. The van der Waals surface area contributed by atoms with Gasteiger partial charge in [0.1, 0.15) is 12.9 Å². The van der Waals surface area contributed by atoms with E-state index in [9.17, 15) is 4.39 Å². The van der Waals surface area contributed by atoms with E-state index < -0.39 is 0 Å². The normalized spacial score (nSPS) is 11.8. The highest BCUT2D eigenvalue weighted by atomic mass is 32.2. The molecule has 29 heavy (non-hydrogen) atoms. The molecule has 4 aromatic rings. The van der Waals surface area contributed by atoms with Crippen LogP contribution in [0.5, 0.6) is 0 Å². The van der Waals surface area contributed by atoms with Gasteiger partial charge in [0.25, 0.3) is 0 Å². The molecule has 0 spiro atoms. The quantitative estimate of drug-likeness (QED) is 0.276. The lowest BCUT2D eigenvalue weighted by atomic mass is 10.1. The second-order valence-electron chi connectivity index (χ2n) is 6.70. The van der Waals surface area contributed by atoms with Crippen molar-refractivity contribution < 1.29 is 9.23 Å². The maximum absolute atomic E-state index is 15.0. The fraction of sp³-hybridized carbons (Fsp3) is 0.125. The molecule has 0 radical (unpaired) electrons. The topological polar surface area (TPSA) is 26.5 Å². The van der Waals surface area contributed by atoms with Gasteiger partial charge in [-0.25, -0.2) is 4.39 Å². The number of halogens is 1. The summed E-state index contributed by atoms with van der Waals surface area (Å²) in [6.07, 6.45) is 2.03. The number of hydrogen-bond acceptors (Lipinski definition) is 3. The van der Waals surface area contributed by atoms with Gasteiger partial charge in [0.05, 0.1) is 16.1 Å². The highest BCUT2D eigenvalue weighted by molar-refractivity contribution is 7.99. The van der Waals surface area contributed by atoms with Gasteiger partial charge in [-0.3, -0.25) is 0 Å².